The highest BCUT2D eigenvalue weighted by Gasteiger charge is 2.30. The van der Waals surface area contributed by atoms with Gasteiger partial charge in [-0.2, -0.15) is 0 Å². The van der Waals surface area contributed by atoms with Crippen LogP contribution in [-0.2, 0) is 9.84 Å². The quantitative estimate of drug-likeness (QED) is 0.656. The average Bonchev–Trinajstić information content (AvgIpc) is 3.17. The van der Waals surface area contributed by atoms with Gasteiger partial charge in [-0.15, -0.1) is 11.3 Å². The molecule has 2 aromatic heterocycles. The van der Waals surface area contributed by atoms with Gasteiger partial charge in [0, 0.05) is 23.8 Å². The van der Waals surface area contributed by atoms with Crippen molar-refractivity contribution in [2.75, 3.05) is 6.54 Å². The van der Waals surface area contributed by atoms with Gasteiger partial charge in [0.05, 0.1) is 10.5 Å². The minimum absolute atomic E-state index is 0.00734. The van der Waals surface area contributed by atoms with Crippen LogP contribution < -0.4 is 5.32 Å². The van der Waals surface area contributed by atoms with Crippen LogP contribution in [0.15, 0.2) is 71.2 Å². The second kappa shape index (κ2) is 7.76. The molecule has 26 heavy (non-hydrogen) atoms. The van der Waals surface area contributed by atoms with Gasteiger partial charge in [-0.1, -0.05) is 6.07 Å². The number of hydrogen-bond donors (Lipinski definition) is 1. The molecule has 0 aliphatic rings. The number of pyridine rings is 1. The Bertz CT molecular complexity index is 973. The number of rotatable bonds is 6. The van der Waals surface area contributed by atoms with E-state index in [0.717, 1.165) is 12.1 Å². The first-order chi connectivity index (χ1) is 12.5. The molecule has 3 rings (SSSR count). The monoisotopic (exact) mass is 390 g/mol. The molecule has 2 heterocycles. The SMILES string of the molecule is O=C(NCC(c1cccs1)S(=O)(=O)c1ccc(F)cc1)c1cccnc1. The van der Waals surface area contributed by atoms with Crippen molar-refractivity contribution in [2.24, 2.45) is 0 Å². The highest BCUT2D eigenvalue weighted by molar-refractivity contribution is 7.91. The molecule has 5 nitrogen and oxygen atoms in total. The third kappa shape index (κ3) is 3.97. The Labute approximate surface area is 154 Å². The summed E-state index contributed by atoms with van der Waals surface area (Å²) in [4.78, 5) is 16.7. The number of amides is 1. The maximum Gasteiger partial charge on any atom is 0.252 e. The molecule has 0 bridgehead atoms. The zero-order chi connectivity index (χ0) is 18.6. The van der Waals surface area contributed by atoms with Crippen molar-refractivity contribution in [1.82, 2.24) is 10.3 Å². The van der Waals surface area contributed by atoms with E-state index in [0.29, 0.717) is 10.4 Å². The summed E-state index contributed by atoms with van der Waals surface area (Å²) in [6, 6.07) is 11.3. The first-order valence-electron chi connectivity index (χ1n) is 7.69. The number of hydrogen-bond acceptors (Lipinski definition) is 5. The van der Waals surface area contributed by atoms with Crippen LogP contribution in [0.2, 0.25) is 0 Å². The normalized spacial score (nSPS) is 12.5. The molecule has 0 aliphatic carbocycles. The summed E-state index contributed by atoms with van der Waals surface area (Å²) in [5.41, 5.74) is 0.344. The molecule has 0 saturated heterocycles. The van der Waals surface area contributed by atoms with Crippen LogP contribution in [-0.4, -0.2) is 25.9 Å². The summed E-state index contributed by atoms with van der Waals surface area (Å²) in [6.07, 6.45) is 2.95. The number of sulfone groups is 1. The van der Waals surface area contributed by atoms with E-state index in [1.807, 2.05) is 0 Å². The minimum atomic E-state index is -3.81. The van der Waals surface area contributed by atoms with Gasteiger partial charge >= 0.3 is 0 Å². The Kier molecular flexibility index (Phi) is 5.43. The summed E-state index contributed by atoms with van der Waals surface area (Å²) < 4.78 is 39.2. The lowest BCUT2D eigenvalue weighted by Gasteiger charge is -2.17. The van der Waals surface area contributed by atoms with Crippen molar-refractivity contribution in [2.45, 2.75) is 10.1 Å². The third-order valence-corrected chi connectivity index (χ3v) is 6.98. The standard InChI is InChI=1S/C18H15FN2O3S2/c19-14-5-7-15(8-6-14)26(23,24)17(16-4-2-10-25-16)12-21-18(22)13-3-1-9-20-11-13/h1-11,17H,12H2,(H,21,22). The predicted molar refractivity (Wildman–Crippen MR) is 97.2 cm³/mol. The second-order valence-electron chi connectivity index (χ2n) is 5.45. The van der Waals surface area contributed by atoms with Crippen LogP contribution in [0.4, 0.5) is 4.39 Å². The van der Waals surface area contributed by atoms with Gasteiger partial charge in [0.15, 0.2) is 9.84 Å². The zero-order valence-electron chi connectivity index (χ0n) is 13.5. The van der Waals surface area contributed by atoms with Crippen molar-refractivity contribution in [3.8, 4) is 0 Å². The smallest absolute Gasteiger partial charge is 0.252 e. The van der Waals surface area contributed by atoms with Gasteiger partial charge in [0.2, 0.25) is 0 Å². The lowest BCUT2D eigenvalue weighted by Crippen LogP contribution is -2.31. The first kappa shape index (κ1) is 18.2. The predicted octanol–water partition coefficient (Wildman–Crippen LogP) is 3.23. The maximum absolute atomic E-state index is 13.1. The van der Waals surface area contributed by atoms with E-state index in [9.17, 15) is 17.6 Å². The number of benzene rings is 1. The molecule has 1 amide bonds. The largest absolute Gasteiger partial charge is 0.350 e. The molecule has 8 heteroatoms. The topological polar surface area (TPSA) is 76.1 Å². The molecule has 0 radical (unpaired) electrons. The molecule has 134 valence electrons. The summed E-state index contributed by atoms with van der Waals surface area (Å²) in [5, 5.41) is 3.45. The van der Waals surface area contributed by atoms with Gasteiger partial charge in [-0.3, -0.25) is 9.78 Å². The van der Waals surface area contributed by atoms with Gasteiger partial charge in [0.25, 0.3) is 5.91 Å². The van der Waals surface area contributed by atoms with Gasteiger partial charge in [-0.25, -0.2) is 12.8 Å². The number of nitrogens with one attached hydrogen (secondary N) is 1. The van der Waals surface area contributed by atoms with Gasteiger partial charge in [-0.05, 0) is 47.8 Å². The van der Waals surface area contributed by atoms with Gasteiger partial charge in [0.1, 0.15) is 11.1 Å². The number of carbonyl (C=O) groups is 1. The Morgan fingerprint density at radius 2 is 1.92 bits per heavy atom. The Morgan fingerprint density at radius 1 is 1.15 bits per heavy atom. The van der Waals surface area contributed by atoms with Crippen molar-refractivity contribution in [3.63, 3.8) is 0 Å². The van der Waals surface area contributed by atoms with E-state index in [1.165, 1.54) is 29.7 Å². The van der Waals surface area contributed by atoms with Crippen LogP contribution in [0.25, 0.3) is 0 Å². The van der Waals surface area contributed by atoms with E-state index in [1.54, 1.807) is 35.8 Å². The lowest BCUT2D eigenvalue weighted by atomic mass is 10.2. The van der Waals surface area contributed by atoms with E-state index in [2.05, 4.69) is 10.3 Å². The van der Waals surface area contributed by atoms with E-state index < -0.39 is 26.8 Å². The van der Waals surface area contributed by atoms with E-state index in [4.69, 9.17) is 0 Å². The van der Waals surface area contributed by atoms with Crippen molar-refractivity contribution in [3.05, 3.63) is 82.6 Å². The van der Waals surface area contributed by atoms with E-state index in [-0.39, 0.29) is 11.4 Å². The fraction of sp³-hybridized carbons (Fsp3) is 0.111. The number of aromatic nitrogens is 1. The maximum atomic E-state index is 13.1. The highest BCUT2D eigenvalue weighted by atomic mass is 32.2. The highest BCUT2D eigenvalue weighted by Crippen LogP contribution is 2.31. The zero-order valence-corrected chi connectivity index (χ0v) is 15.1. The fourth-order valence-electron chi connectivity index (χ4n) is 2.41. The Hall–Kier alpha value is -2.58. The van der Waals surface area contributed by atoms with Crippen molar-refractivity contribution in [1.29, 1.82) is 0 Å². The molecule has 1 unspecified atom stereocenters. The van der Waals surface area contributed by atoms with Crippen LogP contribution in [0, 0.1) is 5.82 Å². The summed E-state index contributed by atoms with van der Waals surface area (Å²) >= 11 is 1.29. The van der Waals surface area contributed by atoms with Crippen LogP contribution >= 0.6 is 11.3 Å². The summed E-state index contributed by atoms with van der Waals surface area (Å²) in [7, 11) is -3.81. The summed E-state index contributed by atoms with van der Waals surface area (Å²) in [6.45, 7) is -0.103. The second-order valence-corrected chi connectivity index (χ2v) is 8.56. The molecule has 0 saturated carbocycles. The van der Waals surface area contributed by atoms with Crippen LogP contribution in [0.5, 0.6) is 0 Å². The third-order valence-electron chi connectivity index (χ3n) is 3.75. The first-order valence-corrected chi connectivity index (χ1v) is 10.1. The average molecular weight is 390 g/mol. The molecule has 1 aromatic carbocycles. The van der Waals surface area contributed by atoms with Gasteiger partial charge < -0.3 is 5.32 Å². The van der Waals surface area contributed by atoms with Crippen molar-refractivity contribution < 1.29 is 17.6 Å². The fourth-order valence-corrected chi connectivity index (χ4v) is 5.20. The van der Waals surface area contributed by atoms with Crippen molar-refractivity contribution >= 4 is 27.1 Å². The molecule has 0 aliphatic heterocycles. The minimum Gasteiger partial charge on any atom is -0.350 e. The molecule has 3 aromatic rings. The molecule has 0 fully saturated rings. The molecule has 1 atom stereocenters. The molecular weight excluding hydrogens is 375 g/mol. The Balaban J connectivity index is 1.86. The number of thiophene rings is 1. The number of halogens is 1. The molecule has 0 spiro atoms. The number of nitrogens with zero attached hydrogens (tertiary/aromatic N) is 1. The number of carbonyl (C=O) groups excluding carboxylic acids is 1. The molecular formula is C18H15FN2O3S2. The van der Waals surface area contributed by atoms with E-state index >= 15 is 0 Å². The lowest BCUT2D eigenvalue weighted by molar-refractivity contribution is 0.0953. The van der Waals surface area contributed by atoms with Crippen LogP contribution in [0.1, 0.15) is 20.5 Å². The summed E-state index contributed by atoms with van der Waals surface area (Å²) in [5.74, 6) is -0.921. The molecule has 1 N–H and O–H groups in total. The Morgan fingerprint density at radius 3 is 2.54 bits per heavy atom. The van der Waals surface area contributed by atoms with Crippen LogP contribution in [0.3, 0.4) is 0 Å².